The van der Waals surface area contributed by atoms with Crippen LogP contribution in [0, 0.1) is 11.6 Å². The maximum atomic E-state index is 15.6. The molecule has 9 heteroatoms. The lowest BCUT2D eigenvalue weighted by atomic mass is 10.0. The minimum atomic E-state index is -1.02. The predicted molar refractivity (Wildman–Crippen MR) is 116 cm³/mol. The molecule has 172 valence electrons. The van der Waals surface area contributed by atoms with E-state index in [0.717, 1.165) is 18.9 Å². The maximum Gasteiger partial charge on any atom is 0.407 e. The van der Waals surface area contributed by atoms with E-state index in [1.807, 2.05) is 0 Å². The van der Waals surface area contributed by atoms with Crippen LogP contribution in [0.3, 0.4) is 0 Å². The van der Waals surface area contributed by atoms with Crippen molar-refractivity contribution in [3.63, 3.8) is 0 Å². The molecular weight excluding hydrogens is 422 g/mol. The molecule has 1 aliphatic carbocycles. The van der Waals surface area contributed by atoms with E-state index >= 15 is 4.39 Å². The molecule has 0 bridgehead atoms. The highest BCUT2D eigenvalue weighted by Crippen LogP contribution is 2.39. The molecule has 1 heterocycles. The topological polar surface area (TPSA) is 86.6 Å². The fourth-order valence-electron chi connectivity index (χ4n) is 3.34. The van der Waals surface area contributed by atoms with Gasteiger partial charge in [0.05, 0.1) is 23.1 Å². The van der Waals surface area contributed by atoms with Crippen LogP contribution in [-0.4, -0.2) is 35.4 Å². The van der Waals surface area contributed by atoms with Crippen LogP contribution < -0.4 is 10.7 Å². The van der Waals surface area contributed by atoms with Crippen molar-refractivity contribution in [1.82, 2.24) is 9.88 Å². The minimum absolute atomic E-state index is 0.0305. The Hall–Kier alpha value is -3.23. The molecule has 1 saturated carbocycles. The fraction of sp³-hybridized carbons (Fsp3) is 0.435. The first kappa shape index (κ1) is 23.4. The third kappa shape index (κ3) is 4.81. The number of nitrogens with zero attached hydrogens (tertiary/aromatic N) is 1. The Labute approximate surface area is 184 Å². The number of amides is 1. The van der Waals surface area contributed by atoms with Gasteiger partial charge in [0.25, 0.3) is 0 Å². The molecule has 32 heavy (non-hydrogen) atoms. The number of carbonyl (C=O) groups is 2. The van der Waals surface area contributed by atoms with Gasteiger partial charge in [-0.2, -0.15) is 0 Å². The number of pyridine rings is 1. The Morgan fingerprint density at radius 3 is 2.50 bits per heavy atom. The largest absolute Gasteiger partial charge is 0.462 e. The predicted octanol–water partition coefficient (Wildman–Crippen LogP) is 4.33. The molecular formula is C23H26F2N2O5. The number of fused-ring (bicyclic) bond motifs is 1. The fourth-order valence-corrected chi connectivity index (χ4v) is 3.34. The van der Waals surface area contributed by atoms with E-state index in [1.54, 1.807) is 27.7 Å². The van der Waals surface area contributed by atoms with E-state index in [-0.39, 0.29) is 41.2 Å². The zero-order valence-electron chi connectivity index (χ0n) is 18.5. The molecule has 1 fully saturated rings. The SMILES string of the molecule is C=C(CNC(=O)OC(C)(C)C)c1c(F)cc2c(=O)c(C(=O)OCC)cn(C3CC3)c2c1F. The number of alkyl carbamates (subject to hydrolysis) is 1. The first-order valence-corrected chi connectivity index (χ1v) is 10.3. The number of esters is 1. The van der Waals surface area contributed by atoms with Gasteiger partial charge in [-0.15, -0.1) is 0 Å². The lowest BCUT2D eigenvalue weighted by molar-refractivity contribution is 0.0518. The summed E-state index contributed by atoms with van der Waals surface area (Å²) in [4.78, 5) is 36.9. The summed E-state index contributed by atoms with van der Waals surface area (Å²) in [6.45, 7) is 10.2. The van der Waals surface area contributed by atoms with Crippen molar-refractivity contribution in [3.8, 4) is 0 Å². The van der Waals surface area contributed by atoms with Crippen LogP contribution in [0.1, 0.15) is 62.5 Å². The first-order valence-electron chi connectivity index (χ1n) is 10.3. The van der Waals surface area contributed by atoms with Gasteiger partial charge in [0.2, 0.25) is 5.43 Å². The number of ether oxygens (including phenoxy) is 2. The van der Waals surface area contributed by atoms with Crippen LogP contribution in [0.2, 0.25) is 0 Å². The molecule has 1 aromatic heterocycles. The first-order chi connectivity index (χ1) is 14.9. The van der Waals surface area contributed by atoms with Crippen molar-refractivity contribution < 1.29 is 27.8 Å². The molecule has 1 aliphatic rings. The minimum Gasteiger partial charge on any atom is -0.462 e. The molecule has 0 unspecified atom stereocenters. The van der Waals surface area contributed by atoms with E-state index < -0.39 is 40.3 Å². The Morgan fingerprint density at radius 2 is 1.94 bits per heavy atom. The number of aromatic nitrogens is 1. The molecule has 0 aliphatic heterocycles. The highest BCUT2D eigenvalue weighted by Gasteiger charge is 2.30. The Balaban J connectivity index is 2.05. The zero-order chi connectivity index (χ0) is 23.8. The van der Waals surface area contributed by atoms with Crippen molar-refractivity contribution in [2.24, 2.45) is 0 Å². The molecule has 0 atom stereocenters. The summed E-state index contributed by atoms with van der Waals surface area (Å²) in [7, 11) is 0. The van der Waals surface area contributed by atoms with Crippen LogP contribution in [0.25, 0.3) is 16.5 Å². The zero-order valence-corrected chi connectivity index (χ0v) is 18.5. The number of hydrogen-bond donors (Lipinski definition) is 1. The average molecular weight is 448 g/mol. The van der Waals surface area contributed by atoms with Gasteiger partial charge >= 0.3 is 12.1 Å². The van der Waals surface area contributed by atoms with Crippen LogP contribution in [0.5, 0.6) is 0 Å². The number of rotatable bonds is 6. The van der Waals surface area contributed by atoms with Crippen molar-refractivity contribution in [2.45, 2.75) is 52.2 Å². The number of nitrogens with one attached hydrogen (secondary N) is 1. The monoisotopic (exact) mass is 448 g/mol. The number of hydrogen-bond acceptors (Lipinski definition) is 5. The van der Waals surface area contributed by atoms with Crippen LogP contribution in [0.15, 0.2) is 23.6 Å². The van der Waals surface area contributed by atoms with Crippen molar-refractivity contribution >= 4 is 28.5 Å². The van der Waals surface area contributed by atoms with Gasteiger partial charge in [-0.05, 0) is 52.2 Å². The van der Waals surface area contributed by atoms with E-state index in [9.17, 15) is 18.8 Å². The summed E-state index contributed by atoms with van der Waals surface area (Å²) in [5, 5.41) is 2.16. The van der Waals surface area contributed by atoms with Crippen LogP contribution in [0.4, 0.5) is 13.6 Å². The smallest absolute Gasteiger partial charge is 0.407 e. The highest BCUT2D eigenvalue weighted by atomic mass is 19.1. The van der Waals surface area contributed by atoms with Crippen molar-refractivity contribution in [2.75, 3.05) is 13.2 Å². The molecule has 0 radical (unpaired) electrons. The summed E-state index contributed by atoms with van der Waals surface area (Å²) in [6.07, 6.45) is 1.97. The number of carbonyl (C=O) groups excluding carboxylic acids is 2. The van der Waals surface area contributed by atoms with Crippen LogP contribution in [-0.2, 0) is 9.47 Å². The summed E-state index contributed by atoms with van der Waals surface area (Å²) >= 11 is 0. The Bertz CT molecular complexity index is 1160. The second kappa shape index (κ2) is 8.72. The van der Waals surface area contributed by atoms with E-state index in [1.165, 1.54) is 10.8 Å². The van der Waals surface area contributed by atoms with Gasteiger partial charge in [0.1, 0.15) is 17.0 Å². The normalized spacial score (nSPS) is 13.7. The second-order valence-corrected chi connectivity index (χ2v) is 8.63. The van der Waals surface area contributed by atoms with E-state index in [2.05, 4.69) is 11.9 Å². The molecule has 1 N–H and O–H groups in total. The molecule has 1 aromatic carbocycles. The summed E-state index contributed by atoms with van der Waals surface area (Å²) in [5.74, 6) is -2.84. The molecule has 1 amide bonds. The third-order valence-corrected chi connectivity index (χ3v) is 4.84. The summed E-state index contributed by atoms with van der Waals surface area (Å²) in [5.41, 5.74) is -2.40. The average Bonchev–Trinajstić information content (AvgIpc) is 3.51. The lowest BCUT2D eigenvalue weighted by Crippen LogP contribution is -2.33. The standard InChI is InChI=1S/C23H26F2N2O5/c1-6-31-21(29)15-11-27(13-7-8-13)19-14(20(15)28)9-16(24)17(18(19)25)12(2)10-26-22(30)32-23(3,4)5/h9,11,13H,2,6-8,10H2,1,3-5H3,(H,26,30). The molecule has 0 spiro atoms. The van der Waals surface area contributed by atoms with Gasteiger partial charge in [-0.3, -0.25) is 4.79 Å². The highest BCUT2D eigenvalue weighted by molar-refractivity contribution is 5.95. The van der Waals surface area contributed by atoms with Gasteiger partial charge < -0.3 is 19.4 Å². The number of halogens is 2. The van der Waals surface area contributed by atoms with Crippen molar-refractivity contribution in [3.05, 3.63) is 51.8 Å². The Morgan fingerprint density at radius 1 is 1.28 bits per heavy atom. The quantitative estimate of drug-likeness (QED) is 0.665. The summed E-state index contributed by atoms with van der Waals surface area (Å²) in [6, 6.07) is 0.781. The van der Waals surface area contributed by atoms with E-state index in [4.69, 9.17) is 9.47 Å². The molecule has 0 saturated heterocycles. The van der Waals surface area contributed by atoms with Gasteiger partial charge in [0.15, 0.2) is 5.82 Å². The lowest BCUT2D eigenvalue weighted by Gasteiger charge is -2.20. The molecule has 3 rings (SSSR count). The van der Waals surface area contributed by atoms with Crippen LogP contribution >= 0.6 is 0 Å². The maximum absolute atomic E-state index is 15.6. The van der Waals surface area contributed by atoms with Crippen molar-refractivity contribution in [1.29, 1.82) is 0 Å². The van der Waals surface area contributed by atoms with Gasteiger partial charge in [-0.1, -0.05) is 6.58 Å². The Kier molecular flexibility index (Phi) is 6.39. The van der Waals surface area contributed by atoms with E-state index in [0.29, 0.717) is 0 Å². The van der Waals surface area contributed by atoms with Gasteiger partial charge in [-0.25, -0.2) is 18.4 Å². The summed E-state index contributed by atoms with van der Waals surface area (Å²) < 4.78 is 42.0. The second-order valence-electron chi connectivity index (χ2n) is 8.63. The molecule has 7 nitrogen and oxygen atoms in total. The van der Waals surface area contributed by atoms with Gasteiger partial charge in [0, 0.05) is 18.8 Å². The third-order valence-electron chi connectivity index (χ3n) is 4.84. The number of benzene rings is 1. The molecule has 2 aromatic rings.